The first kappa shape index (κ1) is 15.5. The van der Waals surface area contributed by atoms with Gasteiger partial charge >= 0.3 is 0 Å². The molecule has 1 N–H and O–H groups in total. The van der Waals surface area contributed by atoms with Crippen molar-refractivity contribution in [2.45, 2.75) is 45.8 Å². The van der Waals surface area contributed by atoms with Crippen molar-refractivity contribution in [2.75, 3.05) is 26.4 Å². The third-order valence-corrected chi connectivity index (χ3v) is 3.86. The number of nitrogens with one attached hydrogen (secondary N) is 1. The monoisotopic (exact) mass is 277 g/mol. The second-order valence-electron chi connectivity index (χ2n) is 5.64. The van der Waals surface area contributed by atoms with Gasteiger partial charge in [0.1, 0.15) is 0 Å². The first-order valence-electron chi connectivity index (χ1n) is 7.70. The summed E-state index contributed by atoms with van der Waals surface area (Å²) < 4.78 is 11.5. The molecule has 1 aliphatic heterocycles. The molecule has 0 spiro atoms. The van der Waals surface area contributed by atoms with E-state index in [1.54, 1.807) is 0 Å². The van der Waals surface area contributed by atoms with Gasteiger partial charge in [0.2, 0.25) is 0 Å². The third-order valence-electron chi connectivity index (χ3n) is 3.86. The van der Waals surface area contributed by atoms with E-state index in [1.165, 1.54) is 23.1 Å². The number of likely N-dealkylation sites (N-methyl/N-ethyl adjacent to an activating group) is 1. The van der Waals surface area contributed by atoms with Crippen molar-refractivity contribution in [1.82, 2.24) is 5.32 Å². The molecule has 1 heterocycles. The largest absolute Gasteiger partial charge is 0.377 e. The predicted octanol–water partition coefficient (Wildman–Crippen LogP) is 3.15. The fraction of sp³-hybridized carbons (Fsp3) is 0.647. The highest BCUT2D eigenvalue weighted by molar-refractivity contribution is 5.32. The van der Waals surface area contributed by atoms with Crippen LogP contribution in [-0.4, -0.2) is 32.5 Å². The van der Waals surface area contributed by atoms with Gasteiger partial charge in [-0.1, -0.05) is 30.7 Å². The van der Waals surface area contributed by atoms with E-state index in [2.05, 4.69) is 44.3 Å². The number of rotatable bonds is 7. The Morgan fingerprint density at radius 3 is 2.90 bits per heavy atom. The lowest BCUT2D eigenvalue weighted by Gasteiger charge is -2.21. The molecule has 112 valence electrons. The summed E-state index contributed by atoms with van der Waals surface area (Å²) >= 11 is 0. The summed E-state index contributed by atoms with van der Waals surface area (Å²) in [7, 11) is 0. The third kappa shape index (κ3) is 4.30. The molecule has 2 atom stereocenters. The molecule has 1 aliphatic rings. The Hall–Kier alpha value is -0.900. The molecular formula is C17H27NO2. The van der Waals surface area contributed by atoms with Crippen molar-refractivity contribution >= 4 is 0 Å². The Balaban J connectivity index is 1.91. The normalized spacial score (nSPS) is 20.2. The van der Waals surface area contributed by atoms with Crippen molar-refractivity contribution in [3.8, 4) is 0 Å². The molecule has 0 aliphatic carbocycles. The van der Waals surface area contributed by atoms with Crippen LogP contribution in [0, 0.1) is 13.8 Å². The van der Waals surface area contributed by atoms with Crippen molar-refractivity contribution < 1.29 is 9.47 Å². The standard InChI is InChI=1S/C17H27NO2/c1-4-18-17(12-19-11-15-6-5-9-20-15)16-8-7-13(2)10-14(16)3/h7-8,10,15,17-18H,4-6,9,11-12H2,1-3H3. The van der Waals surface area contributed by atoms with Crippen LogP contribution in [0.3, 0.4) is 0 Å². The Morgan fingerprint density at radius 2 is 2.25 bits per heavy atom. The van der Waals surface area contributed by atoms with Gasteiger partial charge in [0.25, 0.3) is 0 Å². The van der Waals surface area contributed by atoms with Gasteiger partial charge in [0.15, 0.2) is 0 Å². The molecule has 2 rings (SSSR count). The first-order valence-corrected chi connectivity index (χ1v) is 7.70. The van der Waals surface area contributed by atoms with Crippen LogP contribution in [0.2, 0.25) is 0 Å². The lowest BCUT2D eigenvalue weighted by atomic mass is 9.99. The minimum atomic E-state index is 0.266. The molecule has 0 radical (unpaired) electrons. The molecule has 1 aromatic rings. The molecule has 0 amide bonds. The highest BCUT2D eigenvalue weighted by Gasteiger charge is 2.18. The van der Waals surface area contributed by atoms with E-state index in [-0.39, 0.29) is 6.04 Å². The summed E-state index contributed by atoms with van der Waals surface area (Å²) in [6.45, 7) is 9.70. The lowest BCUT2D eigenvalue weighted by molar-refractivity contribution is 0.0100. The minimum absolute atomic E-state index is 0.266. The average Bonchev–Trinajstić information content (AvgIpc) is 2.91. The molecule has 1 fully saturated rings. The van der Waals surface area contributed by atoms with Crippen LogP contribution in [0.1, 0.15) is 42.5 Å². The zero-order valence-electron chi connectivity index (χ0n) is 12.9. The number of hydrogen-bond donors (Lipinski definition) is 1. The Kier molecular flexibility index (Phi) is 6.02. The maximum Gasteiger partial charge on any atom is 0.0809 e. The fourth-order valence-electron chi connectivity index (χ4n) is 2.81. The quantitative estimate of drug-likeness (QED) is 0.830. The number of aryl methyl sites for hydroxylation is 2. The van der Waals surface area contributed by atoms with Crippen LogP contribution >= 0.6 is 0 Å². The van der Waals surface area contributed by atoms with Crippen LogP contribution in [0.5, 0.6) is 0 Å². The molecule has 20 heavy (non-hydrogen) atoms. The fourth-order valence-corrected chi connectivity index (χ4v) is 2.81. The van der Waals surface area contributed by atoms with Crippen LogP contribution in [0.15, 0.2) is 18.2 Å². The van der Waals surface area contributed by atoms with E-state index in [4.69, 9.17) is 9.47 Å². The molecule has 0 aromatic heterocycles. The highest BCUT2D eigenvalue weighted by atomic mass is 16.5. The Morgan fingerprint density at radius 1 is 1.40 bits per heavy atom. The zero-order chi connectivity index (χ0) is 14.4. The van der Waals surface area contributed by atoms with Crippen molar-refractivity contribution in [1.29, 1.82) is 0 Å². The molecule has 3 heteroatoms. The summed E-state index contributed by atoms with van der Waals surface area (Å²) in [5, 5.41) is 3.52. The van der Waals surface area contributed by atoms with Gasteiger partial charge in [-0.15, -0.1) is 0 Å². The molecule has 1 saturated heterocycles. The van der Waals surface area contributed by atoms with Gasteiger partial charge in [-0.3, -0.25) is 0 Å². The average molecular weight is 277 g/mol. The van der Waals surface area contributed by atoms with Crippen LogP contribution in [0.25, 0.3) is 0 Å². The number of ether oxygens (including phenoxy) is 2. The second-order valence-corrected chi connectivity index (χ2v) is 5.64. The van der Waals surface area contributed by atoms with Crippen molar-refractivity contribution in [3.63, 3.8) is 0 Å². The SMILES string of the molecule is CCNC(COCC1CCCO1)c1ccc(C)cc1C. The van der Waals surface area contributed by atoms with Crippen LogP contribution < -0.4 is 5.32 Å². The van der Waals surface area contributed by atoms with E-state index in [9.17, 15) is 0 Å². The summed E-state index contributed by atoms with van der Waals surface area (Å²) in [6, 6.07) is 6.89. The van der Waals surface area contributed by atoms with Gasteiger partial charge < -0.3 is 14.8 Å². The molecular weight excluding hydrogens is 250 g/mol. The molecule has 0 bridgehead atoms. The predicted molar refractivity (Wildman–Crippen MR) is 82.1 cm³/mol. The van der Waals surface area contributed by atoms with E-state index >= 15 is 0 Å². The Bertz CT molecular complexity index is 413. The molecule has 1 aromatic carbocycles. The maximum atomic E-state index is 5.88. The minimum Gasteiger partial charge on any atom is -0.377 e. The zero-order valence-corrected chi connectivity index (χ0v) is 12.9. The molecule has 3 nitrogen and oxygen atoms in total. The van der Waals surface area contributed by atoms with E-state index in [1.807, 2.05) is 0 Å². The highest BCUT2D eigenvalue weighted by Crippen LogP contribution is 2.20. The van der Waals surface area contributed by atoms with Gasteiger partial charge in [0.05, 0.1) is 25.4 Å². The first-order chi connectivity index (χ1) is 9.70. The van der Waals surface area contributed by atoms with Crippen molar-refractivity contribution in [3.05, 3.63) is 34.9 Å². The Labute approximate surface area is 122 Å². The van der Waals surface area contributed by atoms with Crippen molar-refractivity contribution in [2.24, 2.45) is 0 Å². The van der Waals surface area contributed by atoms with Gasteiger partial charge in [-0.2, -0.15) is 0 Å². The van der Waals surface area contributed by atoms with Crippen LogP contribution in [-0.2, 0) is 9.47 Å². The smallest absolute Gasteiger partial charge is 0.0809 e. The van der Waals surface area contributed by atoms with Gasteiger partial charge in [-0.25, -0.2) is 0 Å². The summed E-state index contributed by atoms with van der Waals surface area (Å²) in [5.41, 5.74) is 3.98. The number of benzene rings is 1. The maximum absolute atomic E-state index is 5.88. The summed E-state index contributed by atoms with van der Waals surface area (Å²) in [4.78, 5) is 0. The second kappa shape index (κ2) is 7.77. The van der Waals surface area contributed by atoms with Crippen LogP contribution in [0.4, 0.5) is 0 Å². The van der Waals surface area contributed by atoms with E-state index in [0.717, 1.165) is 19.6 Å². The summed E-state index contributed by atoms with van der Waals surface area (Å²) in [5.74, 6) is 0. The van der Waals surface area contributed by atoms with E-state index < -0.39 is 0 Å². The molecule has 2 unspecified atom stereocenters. The molecule has 0 saturated carbocycles. The van der Waals surface area contributed by atoms with Gasteiger partial charge in [0, 0.05) is 6.61 Å². The topological polar surface area (TPSA) is 30.5 Å². The number of hydrogen-bond acceptors (Lipinski definition) is 3. The summed E-state index contributed by atoms with van der Waals surface area (Å²) in [6.07, 6.45) is 2.60. The van der Waals surface area contributed by atoms with E-state index in [0.29, 0.717) is 19.3 Å². The lowest BCUT2D eigenvalue weighted by Crippen LogP contribution is -2.27. The van der Waals surface area contributed by atoms with Gasteiger partial charge in [-0.05, 0) is 44.4 Å².